The van der Waals surface area contributed by atoms with Gasteiger partial charge in [0.25, 0.3) is 0 Å². The van der Waals surface area contributed by atoms with Crippen LogP contribution in [0.15, 0.2) is 0 Å². The first-order chi connectivity index (χ1) is 4.70. The number of nitrogens with two attached hydrogens (primary N) is 1. The topological polar surface area (TPSA) is 43.1 Å². The molecule has 2 N–H and O–H groups in total. The highest BCUT2D eigenvalue weighted by molar-refractivity contribution is 7.84. The van der Waals surface area contributed by atoms with E-state index in [1.54, 1.807) is 6.26 Å². The van der Waals surface area contributed by atoms with Crippen molar-refractivity contribution in [3.63, 3.8) is 0 Å². The Morgan fingerprint density at radius 1 is 1.30 bits per heavy atom. The normalized spacial score (nSPS) is 37.4. The average molecular weight is 161 g/mol. The van der Waals surface area contributed by atoms with Gasteiger partial charge in [0.05, 0.1) is 0 Å². The number of hydrogen-bond acceptors (Lipinski definition) is 2. The maximum absolute atomic E-state index is 11.0. The Morgan fingerprint density at radius 2 is 1.80 bits per heavy atom. The fraction of sp³-hybridized carbons (Fsp3) is 1.00. The van der Waals surface area contributed by atoms with Gasteiger partial charge in [0.2, 0.25) is 0 Å². The summed E-state index contributed by atoms with van der Waals surface area (Å²) in [6.45, 7) is 0. The van der Waals surface area contributed by atoms with Gasteiger partial charge in [0, 0.05) is 28.3 Å². The Bertz CT molecular complexity index is 130. The van der Waals surface area contributed by atoms with Gasteiger partial charge >= 0.3 is 0 Å². The van der Waals surface area contributed by atoms with Crippen LogP contribution in [-0.4, -0.2) is 21.8 Å². The molecular formula is C7H15NOS. The number of rotatable bonds is 1. The summed E-state index contributed by atoms with van der Waals surface area (Å²) in [5.41, 5.74) is 5.70. The van der Waals surface area contributed by atoms with Crippen LogP contribution in [0, 0.1) is 0 Å². The second-order valence-corrected chi connectivity index (χ2v) is 4.70. The summed E-state index contributed by atoms with van der Waals surface area (Å²) in [6.07, 6.45) is 6.03. The van der Waals surface area contributed by atoms with Gasteiger partial charge in [0.1, 0.15) is 0 Å². The predicted molar refractivity (Wildman–Crippen MR) is 44.3 cm³/mol. The molecule has 3 heteroatoms. The molecule has 2 nitrogen and oxygen atoms in total. The van der Waals surface area contributed by atoms with Crippen molar-refractivity contribution in [2.75, 3.05) is 6.26 Å². The Labute approximate surface area is 64.6 Å². The molecule has 0 aromatic heterocycles. The zero-order valence-electron chi connectivity index (χ0n) is 6.38. The molecule has 0 heterocycles. The molecular weight excluding hydrogens is 146 g/mol. The van der Waals surface area contributed by atoms with Crippen molar-refractivity contribution in [1.82, 2.24) is 0 Å². The van der Waals surface area contributed by atoms with Crippen LogP contribution in [0.1, 0.15) is 25.7 Å². The maximum atomic E-state index is 11.0. The van der Waals surface area contributed by atoms with E-state index in [2.05, 4.69) is 0 Å². The van der Waals surface area contributed by atoms with Gasteiger partial charge in [-0.15, -0.1) is 0 Å². The number of hydrogen-bond donors (Lipinski definition) is 1. The highest BCUT2D eigenvalue weighted by Gasteiger charge is 2.20. The molecule has 0 spiro atoms. The summed E-state index contributed by atoms with van der Waals surface area (Å²) in [5, 5.41) is 0.430. The summed E-state index contributed by atoms with van der Waals surface area (Å²) < 4.78 is 11.0. The molecule has 1 fully saturated rings. The molecule has 10 heavy (non-hydrogen) atoms. The zero-order valence-corrected chi connectivity index (χ0v) is 7.19. The summed E-state index contributed by atoms with van der Waals surface area (Å²) >= 11 is 0. The lowest BCUT2D eigenvalue weighted by Crippen LogP contribution is -2.30. The Morgan fingerprint density at radius 3 is 2.20 bits per heavy atom. The van der Waals surface area contributed by atoms with E-state index in [0.29, 0.717) is 11.3 Å². The van der Waals surface area contributed by atoms with Crippen molar-refractivity contribution in [3.05, 3.63) is 0 Å². The van der Waals surface area contributed by atoms with Crippen LogP contribution in [0.25, 0.3) is 0 Å². The summed E-state index contributed by atoms with van der Waals surface area (Å²) in [4.78, 5) is 0. The molecule has 0 unspecified atom stereocenters. The van der Waals surface area contributed by atoms with E-state index in [1.165, 1.54) is 0 Å². The SMILES string of the molecule is C[S@](=O)C1CCC(N)CC1. The third-order valence-electron chi connectivity index (χ3n) is 2.19. The van der Waals surface area contributed by atoms with Crippen LogP contribution < -0.4 is 5.73 Å². The third-order valence-corrected chi connectivity index (χ3v) is 3.60. The lowest BCUT2D eigenvalue weighted by Gasteiger charge is -2.23. The van der Waals surface area contributed by atoms with Crippen LogP contribution in [-0.2, 0) is 10.8 Å². The van der Waals surface area contributed by atoms with E-state index >= 15 is 0 Å². The van der Waals surface area contributed by atoms with Crippen LogP contribution in [0.2, 0.25) is 0 Å². The molecule has 0 aromatic carbocycles. The summed E-state index contributed by atoms with van der Waals surface area (Å²) in [7, 11) is -0.622. The molecule has 0 aliphatic heterocycles. The summed E-state index contributed by atoms with van der Waals surface area (Å²) in [6, 6.07) is 0.375. The van der Waals surface area contributed by atoms with Crippen LogP contribution in [0.4, 0.5) is 0 Å². The van der Waals surface area contributed by atoms with Gasteiger partial charge in [-0.25, -0.2) is 0 Å². The first kappa shape index (κ1) is 8.21. The molecule has 1 rings (SSSR count). The quantitative estimate of drug-likeness (QED) is 0.613. The first-order valence-electron chi connectivity index (χ1n) is 3.78. The van der Waals surface area contributed by atoms with Crippen molar-refractivity contribution in [1.29, 1.82) is 0 Å². The van der Waals surface area contributed by atoms with Gasteiger partial charge in [-0.3, -0.25) is 4.21 Å². The van der Waals surface area contributed by atoms with E-state index in [4.69, 9.17) is 5.73 Å². The van der Waals surface area contributed by atoms with Crippen molar-refractivity contribution >= 4 is 10.8 Å². The largest absolute Gasteiger partial charge is 0.328 e. The Kier molecular flexibility index (Phi) is 2.86. The highest BCUT2D eigenvalue weighted by atomic mass is 32.2. The molecule has 0 saturated heterocycles. The Balaban J connectivity index is 2.33. The van der Waals surface area contributed by atoms with Crippen LogP contribution in [0.5, 0.6) is 0 Å². The van der Waals surface area contributed by atoms with Crippen molar-refractivity contribution in [3.8, 4) is 0 Å². The van der Waals surface area contributed by atoms with Gasteiger partial charge < -0.3 is 5.73 Å². The van der Waals surface area contributed by atoms with Gasteiger partial charge in [0.15, 0.2) is 0 Å². The van der Waals surface area contributed by atoms with E-state index in [9.17, 15) is 4.21 Å². The van der Waals surface area contributed by atoms with E-state index in [-0.39, 0.29) is 0 Å². The smallest absolute Gasteiger partial charge is 0.0346 e. The summed E-state index contributed by atoms with van der Waals surface area (Å²) in [5.74, 6) is 0. The van der Waals surface area contributed by atoms with E-state index in [1.807, 2.05) is 0 Å². The fourth-order valence-electron chi connectivity index (χ4n) is 1.42. The van der Waals surface area contributed by atoms with Crippen LogP contribution >= 0.6 is 0 Å². The van der Waals surface area contributed by atoms with Crippen molar-refractivity contribution < 1.29 is 4.21 Å². The lowest BCUT2D eigenvalue weighted by atomic mass is 9.96. The first-order valence-corrected chi connectivity index (χ1v) is 5.40. The molecule has 1 aliphatic carbocycles. The predicted octanol–water partition coefficient (Wildman–Crippen LogP) is 0.635. The standard InChI is InChI=1S/C7H15NOS/c1-10(9)7-4-2-6(8)3-5-7/h6-7H,2-5,8H2,1H3/t6?,7?,10-/m0/s1. The van der Waals surface area contributed by atoms with Gasteiger partial charge in [-0.05, 0) is 25.7 Å². The molecule has 0 amide bonds. The van der Waals surface area contributed by atoms with Crippen molar-refractivity contribution in [2.24, 2.45) is 5.73 Å². The molecule has 0 bridgehead atoms. The van der Waals surface area contributed by atoms with E-state index in [0.717, 1.165) is 25.7 Å². The minimum Gasteiger partial charge on any atom is -0.328 e. The zero-order chi connectivity index (χ0) is 7.56. The monoisotopic (exact) mass is 161 g/mol. The fourth-order valence-corrected chi connectivity index (χ4v) is 2.36. The second kappa shape index (κ2) is 3.49. The molecule has 0 aromatic rings. The minimum atomic E-state index is -0.622. The third kappa shape index (κ3) is 2.06. The average Bonchev–Trinajstić information content (AvgIpc) is 1.88. The molecule has 1 atom stereocenters. The maximum Gasteiger partial charge on any atom is 0.0346 e. The second-order valence-electron chi connectivity index (χ2n) is 3.04. The molecule has 60 valence electrons. The highest BCUT2D eigenvalue weighted by Crippen LogP contribution is 2.20. The van der Waals surface area contributed by atoms with E-state index < -0.39 is 10.8 Å². The molecule has 1 saturated carbocycles. The lowest BCUT2D eigenvalue weighted by molar-refractivity contribution is 0.445. The minimum absolute atomic E-state index is 0.375. The Hall–Kier alpha value is 0.110. The molecule has 0 radical (unpaired) electrons. The van der Waals surface area contributed by atoms with Crippen molar-refractivity contribution in [2.45, 2.75) is 37.0 Å². The van der Waals surface area contributed by atoms with Gasteiger partial charge in [-0.2, -0.15) is 0 Å². The molecule has 1 aliphatic rings. The van der Waals surface area contributed by atoms with Crippen LogP contribution in [0.3, 0.4) is 0 Å². The van der Waals surface area contributed by atoms with Gasteiger partial charge in [-0.1, -0.05) is 0 Å².